The molecular weight excluding hydrogens is 272 g/mol. The lowest BCUT2D eigenvalue weighted by Crippen LogP contribution is -2.39. The molecule has 0 radical (unpaired) electrons. The monoisotopic (exact) mass is 292 g/mol. The summed E-state index contributed by atoms with van der Waals surface area (Å²) in [7, 11) is 0. The summed E-state index contributed by atoms with van der Waals surface area (Å²) in [5.74, 6) is 2.62. The fourth-order valence-electron chi connectivity index (χ4n) is 2.37. The van der Waals surface area contributed by atoms with Gasteiger partial charge in [0.25, 0.3) is 0 Å². The Morgan fingerprint density at radius 2 is 2.20 bits per heavy atom. The normalized spacial score (nSPS) is 25.4. The summed E-state index contributed by atoms with van der Waals surface area (Å²) in [6.07, 6.45) is 8.14. The minimum Gasteiger partial charge on any atom is -0.336 e. The Hall–Kier alpha value is -1.30. The molecule has 108 valence electrons. The third kappa shape index (κ3) is 3.42. The van der Waals surface area contributed by atoms with E-state index in [0.717, 1.165) is 12.2 Å². The first kappa shape index (κ1) is 13.7. The Labute approximate surface area is 123 Å². The van der Waals surface area contributed by atoms with Crippen molar-refractivity contribution in [2.75, 3.05) is 17.6 Å². The van der Waals surface area contributed by atoms with Crippen LogP contribution in [0.2, 0.25) is 0 Å². The van der Waals surface area contributed by atoms with Crippen LogP contribution in [-0.4, -0.2) is 33.0 Å². The molecule has 5 nitrogen and oxygen atoms in total. The van der Waals surface area contributed by atoms with Gasteiger partial charge in [-0.2, -0.15) is 11.8 Å². The Kier molecular flexibility index (Phi) is 3.83. The van der Waals surface area contributed by atoms with E-state index in [1.54, 1.807) is 12.4 Å². The van der Waals surface area contributed by atoms with Gasteiger partial charge in [0.15, 0.2) is 0 Å². The number of thioether (sulfide) groups is 1. The summed E-state index contributed by atoms with van der Waals surface area (Å²) >= 11 is 1.94. The first-order valence-corrected chi connectivity index (χ1v) is 8.14. The topological polar surface area (TPSA) is 66.9 Å². The van der Waals surface area contributed by atoms with Gasteiger partial charge in [0.05, 0.1) is 18.1 Å². The quantitative estimate of drug-likeness (QED) is 0.895. The van der Waals surface area contributed by atoms with Crippen molar-refractivity contribution in [3.8, 4) is 0 Å². The van der Waals surface area contributed by atoms with E-state index in [1.165, 1.54) is 25.0 Å². The summed E-state index contributed by atoms with van der Waals surface area (Å²) < 4.78 is 0.184. The second-order valence-corrected chi connectivity index (χ2v) is 7.50. The molecule has 2 aliphatic rings. The van der Waals surface area contributed by atoms with Crippen LogP contribution in [0.1, 0.15) is 44.3 Å². The van der Waals surface area contributed by atoms with Crippen LogP contribution in [0, 0.1) is 0 Å². The number of carbonyl (C=O) groups excluding carboxylic acids is 1. The number of hydrogen-bond acceptors (Lipinski definition) is 4. The highest BCUT2D eigenvalue weighted by Crippen LogP contribution is 2.38. The molecule has 3 rings (SSSR count). The van der Waals surface area contributed by atoms with Crippen molar-refractivity contribution in [2.45, 2.75) is 43.3 Å². The lowest BCUT2D eigenvalue weighted by Gasteiger charge is -2.22. The Bertz CT molecular complexity index is 480. The van der Waals surface area contributed by atoms with Crippen molar-refractivity contribution in [1.29, 1.82) is 0 Å². The second-order valence-electron chi connectivity index (χ2n) is 5.81. The number of rotatable bonds is 4. The molecule has 2 fully saturated rings. The maximum atomic E-state index is 11.9. The van der Waals surface area contributed by atoms with Gasteiger partial charge >= 0.3 is 6.03 Å². The minimum absolute atomic E-state index is 0.179. The zero-order chi connectivity index (χ0) is 14.0. The molecule has 1 aliphatic carbocycles. The van der Waals surface area contributed by atoms with Crippen LogP contribution < -0.4 is 10.6 Å². The van der Waals surface area contributed by atoms with E-state index in [-0.39, 0.29) is 10.8 Å². The van der Waals surface area contributed by atoms with Crippen molar-refractivity contribution in [3.05, 3.63) is 18.2 Å². The number of hydrogen-bond donors (Lipinski definition) is 2. The molecule has 2 N–H and O–H groups in total. The van der Waals surface area contributed by atoms with Gasteiger partial charge in [-0.3, -0.25) is 0 Å². The highest BCUT2D eigenvalue weighted by molar-refractivity contribution is 8.00. The van der Waals surface area contributed by atoms with Crippen LogP contribution in [0.4, 0.5) is 10.5 Å². The molecule has 1 saturated carbocycles. The lowest BCUT2D eigenvalue weighted by molar-refractivity contribution is 0.251. The zero-order valence-electron chi connectivity index (χ0n) is 11.7. The SMILES string of the molecule is C[C@]1(CNC(=O)Nc2cnc(C3CC3)nc2)CCCS1. The average Bonchev–Trinajstić information content (AvgIpc) is 3.20. The summed E-state index contributed by atoms with van der Waals surface area (Å²) in [6, 6.07) is -0.179. The number of aromatic nitrogens is 2. The van der Waals surface area contributed by atoms with Crippen LogP contribution in [0.15, 0.2) is 12.4 Å². The van der Waals surface area contributed by atoms with E-state index in [0.29, 0.717) is 18.2 Å². The van der Waals surface area contributed by atoms with E-state index in [4.69, 9.17) is 0 Å². The van der Waals surface area contributed by atoms with E-state index in [9.17, 15) is 4.79 Å². The molecule has 20 heavy (non-hydrogen) atoms. The Balaban J connectivity index is 1.48. The Morgan fingerprint density at radius 3 is 2.80 bits per heavy atom. The van der Waals surface area contributed by atoms with Gasteiger partial charge in [-0.05, 0) is 38.4 Å². The number of amides is 2. The van der Waals surface area contributed by atoms with Gasteiger partial charge in [-0.15, -0.1) is 0 Å². The lowest BCUT2D eigenvalue weighted by atomic mass is 10.1. The van der Waals surface area contributed by atoms with Gasteiger partial charge < -0.3 is 10.6 Å². The molecular formula is C14H20N4OS. The van der Waals surface area contributed by atoms with Gasteiger partial charge in [-0.1, -0.05) is 0 Å². The molecule has 2 amide bonds. The van der Waals surface area contributed by atoms with Gasteiger partial charge in [0, 0.05) is 17.2 Å². The van der Waals surface area contributed by atoms with Crippen LogP contribution >= 0.6 is 11.8 Å². The molecule has 1 aromatic heterocycles. The third-order valence-electron chi connectivity index (χ3n) is 3.80. The average molecular weight is 292 g/mol. The van der Waals surface area contributed by atoms with Crippen molar-refractivity contribution in [2.24, 2.45) is 0 Å². The van der Waals surface area contributed by atoms with Gasteiger partial charge in [0.2, 0.25) is 0 Å². The molecule has 0 aromatic carbocycles. The van der Waals surface area contributed by atoms with Crippen molar-refractivity contribution in [1.82, 2.24) is 15.3 Å². The number of nitrogens with zero attached hydrogens (tertiary/aromatic N) is 2. The molecule has 0 bridgehead atoms. The van der Waals surface area contributed by atoms with E-state index < -0.39 is 0 Å². The number of nitrogens with one attached hydrogen (secondary N) is 2. The summed E-state index contributed by atoms with van der Waals surface area (Å²) in [4.78, 5) is 20.4. The third-order valence-corrected chi connectivity index (χ3v) is 5.33. The number of anilines is 1. The smallest absolute Gasteiger partial charge is 0.319 e. The standard InChI is InChI=1S/C14H20N4OS/c1-14(5-2-6-20-14)9-17-13(19)18-11-7-15-12(16-8-11)10-3-4-10/h7-8,10H,2-6,9H2,1H3,(H2,17,18,19)/t14-/m1/s1. The van der Waals surface area contributed by atoms with E-state index in [1.807, 2.05) is 11.8 Å². The maximum absolute atomic E-state index is 11.9. The predicted octanol–water partition coefficient (Wildman–Crippen LogP) is 2.76. The summed E-state index contributed by atoms with van der Waals surface area (Å²) in [5, 5.41) is 5.72. The molecule has 1 saturated heterocycles. The van der Waals surface area contributed by atoms with Gasteiger partial charge in [0.1, 0.15) is 5.82 Å². The summed E-state index contributed by atoms with van der Waals surface area (Å²) in [6.45, 7) is 2.91. The fourth-order valence-corrected chi connectivity index (χ4v) is 3.62. The highest BCUT2D eigenvalue weighted by atomic mass is 32.2. The molecule has 0 spiro atoms. The second kappa shape index (κ2) is 5.60. The zero-order valence-corrected chi connectivity index (χ0v) is 12.5. The first-order chi connectivity index (χ1) is 9.65. The largest absolute Gasteiger partial charge is 0.336 e. The molecule has 1 aromatic rings. The predicted molar refractivity (Wildman–Crippen MR) is 81.1 cm³/mol. The summed E-state index contributed by atoms with van der Waals surface area (Å²) in [5.41, 5.74) is 0.649. The van der Waals surface area contributed by atoms with Crippen LogP contribution in [0.3, 0.4) is 0 Å². The minimum atomic E-state index is -0.179. The molecule has 0 unspecified atom stereocenters. The van der Waals surface area contributed by atoms with E-state index in [2.05, 4.69) is 27.5 Å². The van der Waals surface area contributed by atoms with E-state index >= 15 is 0 Å². The van der Waals surface area contributed by atoms with Crippen LogP contribution in [0.5, 0.6) is 0 Å². The number of urea groups is 1. The van der Waals surface area contributed by atoms with Gasteiger partial charge in [-0.25, -0.2) is 14.8 Å². The molecule has 6 heteroatoms. The molecule has 1 aliphatic heterocycles. The fraction of sp³-hybridized carbons (Fsp3) is 0.643. The van der Waals surface area contributed by atoms with Crippen LogP contribution in [0.25, 0.3) is 0 Å². The van der Waals surface area contributed by atoms with Crippen molar-refractivity contribution < 1.29 is 4.79 Å². The van der Waals surface area contributed by atoms with Crippen molar-refractivity contribution in [3.63, 3.8) is 0 Å². The Morgan fingerprint density at radius 1 is 1.45 bits per heavy atom. The molecule has 1 atom stereocenters. The highest BCUT2D eigenvalue weighted by Gasteiger charge is 2.29. The van der Waals surface area contributed by atoms with Crippen LogP contribution in [-0.2, 0) is 0 Å². The number of carbonyl (C=O) groups is 1. The maximum Gasteiger partial charge on any atom is 0.319 e. The van der Waals surface area contributed by atoms with Crippen molar-refractivity contribution >= 4 is 23.5 Å². The first-order valence-electron chi connectivity index (χ1n) is 7.15. The molecule has 2 heterocycles.